The molecule has 8 nitrogen and oxygen atoms in total. The molecule has 1 atom stereocenters. The molecule has 1 aromatic heterocycles. The minimum Gasteiger partial charge on any atom is -0.493 e. The standard InChI is InChI=1S/C29H37N3O5/c1-19(2)13-15-30-28(34)29(3)18-31-22-10-8-7-9-21(22)17-23(31)27(33)32(29)16-14-20-11-12-24(35-4)26(37-6)25(20)36-5/h7-12,17,19H,13-16,18H2,1-6H3,(H,30,34)/t29-/m0/s1. The summed E-state index contributed by atoms with van der Waals surface area (Å²) in [5, 5.41) is 4.08. The lowest BCUT2D eigenvalue weighted by Gasteiger charge is -2.44. The zero-order valence-corrected chi connectivity index (χ0v) is 22.6. The summed E-state index contributed by atoms with van der Waals surface area (Å²) in [6.07, 6.45) is 1.35. The van der Waals surface area contributed by atoms with Crippen molar-refractivity contribution in [2.45, 2.75) is 45.7 Å². The Bertz CT molecular complexity index is 1300. The SMILES string of the molecule is COc1ccc(CCN2C(=O)c3cc4ccccc4n3C[C@@]2(C)C(=O)NCCC(C)C)c(OC)c1OC. The first kappa shape index (κ1) is 26.4. The molecule has 0 bridgehead atoms. The molecule has 0 unspecified atom stereocenters. The molecule has 0 fully saturated rings. The van der Waals surface area contributed by atoms with E-state index in [4.69, 9.17) is 14.2 Å². The van der Waals surface area contributed by atoms with E-state index in [9.17, 15) is 9.59 Å². The van der Waals surface area contributed by atoms with Gasteiger partial charge in [0.05, 0.1) is 27.9 Å². The normalized spacial score (nSPS) is 17.2. The number of aromatic nitrogens is 1. The van der Waals surface area contributed by atoms with E-state index in [2.05, 4.69) is 19.2 Å². The summed E-state index contributed by atoms with van der Waals surface area (Å²) in [6.45, 7) is 7.38. The van der Waals surface area contributed by atoms with Gasteiger partial charge >= 0.3 is 0 Å². The Morgan fingerprint density at radius 2 is 1.78 bits per heavy atom. The van der Waals surface area contributed by atoms with Gasteiger partial charge in [0.25, 0.3) is 5.91 Å². The number of hydrogen-bond acceptors (Lipinski definition) is 5. The highest BCUT2D eigenvalue weighted by molar-refractivity contribution is 6.03. The van der Waals surface area contributed by atoms with Crippen molar-refractivity contribution < 1.29 is 23.8 Å². The van der Waals surface area contributed by atoms with Gasteiger partial charge in [-0.3, -0.25) is 9.59 Å². The summed E-state index contributed by atoms with van der Waals surface area (Å²) in [4.78, 5) is 29.3. The Labute approximate surface area is 218 Å². The molecule has 0 aliphatic carbocycles. The smallest absolute Gasteiger partial charge is 0.271 e. The van der Waals surface area contributed by atoms with Crippen molar-refractivity contribution in [2.75, 3.05) is 34.4 Å². The molecule has 0 saturated carbocycles. The molecular formula is C29H37N3O5. The number of nitrogens with one attached hydrogen (secondary N) is 1. The molecule has 1 N–H and O–H groups in total. The van der Waals surface area contributed by atoms with E-state index in [1.54, 1.807) is 26.2 Å². The molecule has 1 aliphatic heterocycles. The Morgan fingerprint density at radius 3 is 2.46 bits per heavy atom. The number of hydrogen-bond donors (Lipinski definition) is 1. The number of methoxy groups -OCH3 is 3. The molecule has 198 valence electrons. The highest BCUT2D eigenvalue weighted by atomic mass is 16.5. The molecule has 2 heterocycles. The lowest BCUT2D eigenvalue weighted by molar-refractivity contribution is -0.132. The highest BCUT2D eigenvalue weighted by Gasteiger charge is 2.47. The van der Waals surface area contributed by atoms with E-state index in [-0.39, 0.29) is 11.8 Å². The van der Waals surface area contributed by atoms with Crippen LogP contribution in [0.3, 0.4) is 0 Å². The van der Waals surface area contributed by atoms with Crippen LogP contribution in [0.2, 0.25) is 0 Å². The van der Waals surface area contributed by atoms with Gasteiger partial charge in [-0.05, 0) is 43.9 Å². The number of rotatable bonds is 10. The number of benzene rings is 2. The monoisotopic (exact) mass is 507 g/mol. The lowest BCUT2D eigenvalue weighted by atomic mass is 9.93. The fourth-order valence-corrected chi connectivity index (χ4v) is 5.11. The number of ether oxygens (including phenoxy) is 3. The average Bonchev–Trinajstić information content (AvgIpc) is 3.26. The Hall–Kier alpha value is -3.68. The van der Waals surface area contributed by atoms with Gasteiger partial charge in [-0.15, -0.1) is 0 Å². The van der Waals surface area contributed by atoms with E-state index < -0.39 is 5.54 Å². The quantitative estimate of drug-likeness (QED) is 0.443. The molecule has 0 radical (unpaired) electrons. The minimum atomic E-state index is -1.06. The maximum absolute atomic E-state index is 13.9. The Morgan fingerprint density at radius 1 is 1.05 bits per heavy atom. The van der Waals surface area contributed by atoms with Crippen molar-refractivity contribution in [3.8, 4) is 17.2 Å². The Balaban J connectivity index is 1.70. The van der Waals surface area contributed by atoms with Crippen LogP contribution in [-0.2, 0) is 17.8 Å². The molecule has 2 aromatic carbocycles. The highest BCUT2D eigenvalue weighted by Crippen LogP contribution is 2.40. The third kappa shape index (κ3) is 4.84. The molecule has 37 heavy (non-hydrogen) atoms. The average molecular weight is 508 g/mol. The van der Waals surface area contributed by atoms with E-state index in [1.807, 2.05) is 54.0 Å². The molecule has 0 saturated heterocycles. The van der Waals surface area contributed by atoms with E-state index >= 15 is 0 Å². The number of carbonyl (C=O) groups is 2. The summed E-state index contributed by atoms with van der Waals surface area (Å²) < 4.78 is 18.6. The second kappa shape index (κ2) is 10.7. The Kier molecular flexibility index (Phi) is 7.66. The summed E-state index contributed by atoms with van der Waals surface area (Å²) in [6, 6.07) is 13.5. The van der Waals surface area contributed by atoms with E-state index in [1.165, 1.54) is 0 Å². The number of carbonyl (C=O) groups excluding carboxylic acids is 2. The predicted molar refractivity (Wildman–Crippen MR) is 144 cm³/mol. The molecule has 3 aromatic rings. The lowest BCUT2D eigenvalue weighted by Crippen LogP contribution is -2.64. The number of para-hydroxylation sites is 1. The number of nitrogens with zero attached hydrogens (tertiary/aromatic N) is 2. The predicted octanol–water partition coefficient (Wildman–Crippen LogP) is 4.29. The second-order valence-electron chi connectivity index (χ2n) is 10.1. The number of amides is 2. The van der Waals surface area contributed by atoms with Gasteiger partial charge in [0, 0.05) is 29.6 Å². The number of fused-ring (bicyclic) bond motifs is 3. The van der Waals surface area contributed by atoms with Gasteiger partial charge in [-0.25, -0.2) is 0 Å². The summed E-state index contributed by atoms with van der Waals surface area (Å²) in [5.74, 6) is 1.78. The summed E-state index contributed by atoms with van der Waals surface area (Å²) in [7, 11) is 4.72. The largest absolute Gasteiger partial charge is 0.493 e. The maximum Gasteiger partial charge on any atom is 0.271 e. The van der Waals surface area contributed by atoms with Crippen molar-refractivity contribution in [3.63, 3.8) is 0 Å². The fraction of sp³-hybridized carbons (Fsp3) is 0.448. The van der Waals surface area contributed by atoms with Crippen LogP contribution in [-0.4, -0.2) is 61.2 Å². The molecule has 2 amide bonds. The fourth-order valence-electron chi connectivity index (χ4n) is 5.11. The molecule has 0 spiro atoms. The topological polar surface area (TPSA) is 82.0 Å². The van der Waals surface area contributed by atoms with Crippen LogP contribution in [0.5, 0.6) is 17.2 Å². The first-order valence-electron chi connectivity index (χ1n) is 12.7. The first-order valence-corrected chi connectivity index (χ1v) is 12.7. The third-order valence-corrected chi connectivity index (χ3v) is 7.22. The van der Waals surface area contributed by atoms with Crippen molar-refractivity contribution in [1.29, 1.82) is 0 Å². The zero-order chi connectivity index (χ0) is 26.7. The van der Waals surface area contributed by atoms with Gasteiger partial charge in [0.15, 0.2) is 11.5 Å². The van der Waals surface area contributed by atoms with Crippen molar-refractivity contribution in [3.05, 3.63) is 53.7 Å². The summed E-state index contributed by atoms with van der Waals surface area (Å²) in [5.41, 5.74) is 1.34. The first-order chi connectivity index (χ1) is 17.7. The third-order valence-electron chi connectivity index (χ3n) is 7.22. The molecule has 1 aliphatic rings. The molecular weight excluding hydrogens is 470 g/mol. The van der Waals surface area contributed by atoms with Crippen LogP contribution in [0.15, 0.2) is 42.5 Å². The van der Waals surface area contributed by atoms with Crippen molar-refractivity contribution >= 4 is 22.7 Å². The van der Waals surface area contributed by atoms with Crippen molar-refractivity contribution in [2.24, 2.45) is 5.92 Å². The maximum atomic E-state index is 13.9. The van der Waals surface area contributed by atoms with Gasteiger partial charge in [-0.1, -0.05) is 38.1 Å². The second-order valence-corrected chi connectivity index (χ2v) is 10.1. The van der Waals surface area contributed by atoms with Crippen LogP contribution in [0.4, 0.5) is 0 Å². The van der Waals surface area contributed by atoms with Crippen LogP contribution in [0, 0.1) is 5.92 Å². The van der Waals surface area contributed by atoms with E-state index in [0.29, 0.717) is 54.9 Å². The van der Waals surface area contributed by atoms with Crippen LogP contribution < -0.4 is 19.5 Å². The van der Waals surface area contributed by atoms with Crippen LogP contribution in [0.1, 0.15) is 43.2 Å². The van der Waals surface area contributed by atoms with Gasteiger partial charge in [0.2, 0.25) is 11.7 Å². The van der Waals surface area contributed by atoms with Crippen LogP contribution >= 0.6 is 0 Å². The van der Waals surface area contributed by atoms with Gasteiger partial charge < -0.3 is 29.0 Å². The minimum absolute atomic E-state index is 0.149. The zero-order valence-electron chi connectivity index (χ0n) is 22.6. The molecule has 4 rings (SSSR count). The van der Waals surface area contributed by atoms with Crippen LogP contribution in [0.25, 0.3) is 10.9 Å². The van der Waals surface area contributed by atoms with E-state index in [0.717, 1.165) is 22.9 Å². The van der Waals surface area contributed by atoms with Gasteiger partial charge in [-0.2, -0.15) is 0 Å². The van der Waals surface area contributed by atoms with Crippen molar-refractivity contribution in [1.82, 2.24) is 14.8 Å². The molecule has 8 heteroatoms. The summed E-state index contributed by atoms with van der Waals surface area (Å²) >= 11 is 0. The van der Waals surface area contributed by atoms with Gasteiger partial charge in [0.1, 0.15) is 11.2 Å².